The van der Waals surface area contributed by atoms with Crippen LogP contribution >= 0.6 is 11.6 Å². The van der Waals surface area contributed by atoms with Gasteiger partial charge in [0.1, 0.15) is 11.3 Å². The van der Waals surface area contributed by atoms with Crippen LogP contribution in [0.5, 0.6) is 0 Å². The molecule has 2 saturated heterocycles. The molecule has 0 saturated carbocycles. The maximum absolute atomic E-state index is 14.1. The maximum atomic E-state index is 14.1. The van der Waals surface area contributed by atoms with Gasteiger partial charge >= 0.3 is 12.2 Å². The Balaban J connectivity index is 1.78. The molecule has 2 atom stereocenters. The highest BCUT2D eigenvalue weighted by Crippen LogP contribution is 2.35. The van der Waals surface area contributed by atoms with Gasteiger partial charge in [-0.3, -0.25) is 4.90 Å². The van der Waals surface area contributed by atoms with Crippen LogP contribution in [0, 0.1) is 11.9 Å². The van der Waals surface area contributed by atoms with Gasteiger partial charge in [0.25, 0.3) is 0 Å². The van der Waals surface area contributed by atoms with E-state index in [2.05, 4.69) is 15.0 Å². The molecule has 24 heavy (non-hydrogen) atoms. The van der Waals surface area contributed by atoms with Crippen molar-refractivity contribution in [1.29, 1.82) is 0 Å². The van der Waals surface area contributed by atoms with E-state index in [1.165, 1.54) is 11.1 Å². The van der Waals surface area contributed by atoms with E-state index in [4.69, 9.17) is 11.6 Å². The summed E-state index contributed by atoms with van der Waals surface area (Å²) in [6.07, 6.45) is 0.752. The molecule has 1 N–H and O–H groups in total. The summed E-state index contributed by atoms with van der Waals surface area (Å²) in [6.45, 7) is 0.719. The fraction of sp³-hybridized carbons (Fsp3) is 0.429. The fourth-order valence-corrected chi connectivity index (χ4v) is 3.76. The van der Waals surface area contributed by atoms with Crippen LogP contribution in [0.1, 0.15) is 12.8 Å². The number of rotatable bonds is 1. The highest BCUT2D eigenvalue weighted by atomic mass is 35.5. The van der Waals surface area contributed by atoms with E-state index in [-0.39, 0.29) is 34.0 Å². The lowest BCUT2D eigenvalue weighted by molar-refractivity contribution is 0.114. The smallest absolute Gasteiger partial charge is 0.407 e. The fourth-order valence-electron chi connectivity index (χ4n) is 3.62. The Bertz CT molecular complexity index is 838. The zero-order valence-electron chi connectivity index (χ0n) is 12.3. The number of amides is 1. The van der Waals surface area contributed by atoms with Crippen molar-refractivity contribution in [2.75, 3.05) is 18.0 Å². The summed E-state index contributed by atoms with van der Waals surface area (Å²) >= 11 is 5.63. The lowest BCUT2D eigenvalue weighted by atomic mass is 10.2. The van der Waals surface area contributed by atoms with Gasteiger partial charge in [0.05, 0.1) is 17.5 Å². The number of halogens is 3. The summed E-state index contributed by atoms with van der Waals surface area (Å²) in [6, 6.07) is -0.390. The third-order valence-electron chi connectivity index (χ3n) is 4.60. The van der Waals surface area contributed by atoms with Crippen LogP contribution < -0.4 is 4.90 Å². The minimum atomic E-state index is -1.06. The Hall–Kier alpha value is -2.29. The Labute approximate surface area is 139 Å². The first-order chi connectivity index (χ1) is 11.5. The van der Waals surface area contributed by atoms with Crippen molar-refractivity contribution < 1.29 is 18.7 Å². The first-order valence-electron chi connectivity index (χ1n) is 7.39. The predicted octanol–water partition coefficient (Wildman–Crippen LogP) is 2.29. The molecule has 126 valence electrons. The number of anilines is 1. The molecule has 2 fully saturated rings. The van der Waals surface area contributed by atoms with Crippen molar-refractivity contribution in [3.63, 3.8) is 0 Å². The Morgan fingerprint density at radius 1 is 1.25 bits per heavy atom. The van der Waals surface area contributed by atoms with Gasteiger partial charge in [-0.25, -0.2) is 14.2 Å². The predicted molar refractivity (Wildman–Crippen MR) is 81.1 cm³/mol. The second kappa shape index (κ2) is 5.37. The van der Waals surface area contributed by atoms with Crippen molar-refractivity contribution >= 4 is 34.4 Å². The second-order valence-corrected chi connectivity index (χ2v) is 6.28. The standard InChI is InChI=1S/C14H12ClF2N5O2/c15-11-9(16)10-8(3-18-11)12(20-13(17)19-10)21-4-6-1-2-7(5-21)22(6)14(23)24/h3,6-7H,1-2,4-5H2,(H,23,24)/t6-,7+. The summed E-state index contributed by atoms with van der Waals surface area (Å²) in [5.74, 6) is -0.689. The largest absolute Gasteiger partial charge is 0.465 e. The molecule has 0 unspecified atom stereocenters. The third kappa shape index (κ3) is 2.22. The molecule has 0 radical (unpaired) electrons. The first kappa shape index (κ1) is 15.3. The average molecular weight is 356 g/mol. The Morgan fingerprint density at radius 2 is 1.92 bits per heavy atom. The van der Waals surface area contributed by atoms with Gasteiger partial charge in [0.15, 0.2) is 11.0 Å². The molecule has 0 spiro atoms. The minimum Gasteiger partial charge on any atom is -0.465 e. The zero-order chi connectivity index (χ0) is 17.0. The molecule has 2 aromatic rings. The molecule has 4 heterocycles. The summed E-state index contributed by atoms with van der Waals surface area (Å²) in [7, 11) is 0. The average Bonchev–Trinajstić information content (AvgIpc) is 2.81. The van der Waals surface area contributed by atoms with Gasteiger partial charge in [-0.2, -0.15) is 14.4 Å². The van der Waals surface area contributed by atoms with Gasteiger partial charge in [-0.1, -0.05) is 11.6 Å². The molecule has 4 rings (SSSR count). The number of piperazine rings is 1. The number of carbonyl (C=O) groups is 1. The summed E-state index contributed by atoms with van der Waals surface area (Å²) in [5.41, 5.74) is -0.231. The molecule has 2 aliphatic rings. The van der Waals surface area contributed by atoms with E-state index in [9.17, 15) is 18.7 Å². The van der Waals surface area contributed by atoms with Crippen molar-refractivity contribution in [3.8, 4) is 0 Å². The van der Waals surface area contributed by atoms with Crippen LogP contribution in [0.25, 0.3) is 10.9 Å². The van der Waals surface area contributed by atoms with E-state index in [0.717, 1.165) is 12.8 Å². The van der Waals surface area contributed by atoms with E-state index < -0.39 is 18.0 Å². The number of hydrogen-bond donors (Lipinski definition) is 1. The number of hydrogen-bond acceptors (Lipinski definition) is 5. The number of pyridine rings is 1. The molecule has 2 bridgehead atoms. The van der Waals surface area contributed by atoms with Crippen LogP contribution in [-0.2, 0) is 0 Å². The number of aromatic nitrogens is 3. The monoisotopic (exact) mass is 355 g/mol. The quantitative estimate of drug-likeness (QED) is 0.624. The Morgan fingerprint density at radius 3 is 2.54 bits per heavy atom. The van der Waals surface area contributed by atoms with Crippen molar-refractivity contribution in [3.05, 3.63) is 23.2 Å². The molecule has 7 nitrogen and oxygen atoms in total. The first-order valence-corrected chi connectivity index (χ1v) is 7.77. The number of carboxylic acid groups (broad SMARTS) is 1. The molecular weight excluding hydrogens is 344 g/mol. The van der Waals surface area contributed by atoms with Gasteiger partial charge in [-0.05, 0) is 12.8 Å². The van der Waals surface area contributed by atoms with Gasteiger partial charge in [0.2, 0.25) is 0 Å². The van der Waals surface area contributed by atoms with Crippen LogP contribution in [0.15, 0.2) is 6.20 Å². The highest BCUT2D eigenvalue weighted by molar-refractivity contribution is 6.30. The third-order valence-corrected chi connectivity index (χ3v) is 4.86. The molecule has 1 amide bonds. The van der Waals surface area contributed by atoms with E-state index in [1.54, 1.807) is 4.90 Å². The van der Waals surface area contributed by atoms with Crippen LogP contribution in [-0.4, -0.2) is 56.2 Å². The molecule has 2 aliphatic heterocycles. The normalized spacial score (nSPS) is 23.1. The number of nitrogens with zero attached hydrogens (tertiary/aromatic N) is 5. The molecule has 10 heteroatoms. The molecular formula is C14H12ClF2N5O2. The second-order valence-electron chi connectivity index (χ2n) is 5.92. The molecule has 0 aliphatic carbocycles. The van der Waals surface area contributed by atoms with Gasteiger partial charge < -0.3 is 10.0 Å². The van der Waals surface area contributed by atoms with Crippen LogP contribution in [0.4, 0.5) is 19.4 Å². The van der Waals surface area contributed by atoms with E-state index in [0.29, 0.717) is 13.1 Å². The lowest BCUT2D eigenvalue weighted by Gasteiger charge is -2.40. The van der Waals surface area contributed by atoms with Crippen molar-refractivity contribution in [2.24, 2.45) is 0 Å². The van der Waals surface area contributed by atoms with Crippen LogP contribution in [0.2, 0.25) is 5.15 Å². The summed E-state index contributed by atoms with van der Waals surface area (Å²) in [5, 5.41) is 9.17. The van der Waals surface area contributed by atoms with E-state index in [1.807, 2.05) is 0 Å². The summed E-state index contributed by atoms with van der Waals surface area (Å²) < 4.78 is 27.9. The van der Waals surface area contributed by atoms with Crippen molar-refractivity contribution in [1.82, 2.24) is 19.9 Å². The SMILES string of the molecule is O=C(O)N1[C@@H]2CC[C@H]1CN(c1nc(F)nc3c(F)c(Cl)ncc13)C2. The van der Waals surface area contributed by atoms with E-state index >= 15 is 0 Å². The van der Waals surface area contributed by atoms with Gasteiger partial charge in [0, 0.05) is 19.3 Å². The lowest BCUT2D eigenvalue weighted by Crippen LogP contribution is -2.55. The highest BCUT2D eigenvalue weighted by Gasteiger charge is 2.43. The van der Waals surface area contributed by atoms with Gasteiger partial charge in [-0.15, -0.1) is 0 Å². The topological polar surface area (TPSA) is 82.5 Å². The summed E-state index contributed by atoms with van der Waals surface area (Å²) in [4.78, 5) is 25.6. The number of fused-ring (bicyclic) bond motifs is 3. The zero-order valence-corrected chi connectivity index (χ0v) is 13.0. The minimum absolute atomic E-state index is 0.195. The molecule has 2 aromatic heterocycles. The molecule has 0 aromatic carbocycles. The Kier molecular flexibility index (Phi) is 3.41. The van der Waals surface area contributed by atoms with Crippen molar-refractivity contribution in [2.45, 2.75) is 24.9 Å². The van der Waals surface area contributed by atoms with Crippen LogP contribution in [0.3, 0.4) is 0 Å². The maximum Gasteiger partial charge on any atom is 0.407 e.